The first-order chi connectivity index (χ1) is 25.9. The molecule has 1 aromatic heterocycles. The number of nitrogens with zero attached hydrogens (tertiary/aromatic N) is 3. The Morgan fingerprint density at radius 1 is 0.926 bits per heavy atom. The highest BCUT2D eigenvalue weighted by molar-refractivity contribution is 7.44. The van der Waals surface area contributed by atoms with E-state index in [2.05, 4.69) is 11.1 Å². The maximum Gasteiger partial charge on any atom is 0.330 e. The predicted octanol–water partition coefficient (Wildman–Crippen LogP) is 6.85. The van der Waals surface area contributed by atoms with Crippen LogP contribution >= 0.6 is 8.53 Å². The lowest BCUT2D eigenvalue weighted by molar-refractivity contribution is -0.0959. The topological polar surface area (TPSA) is 137 Å². The van der Waals surface area contributed by atoms with Gasteiger partial charge in [0.05, 0.1) is 39.9 Å². The van der Waals surface area contributed by atoms with Crippen molar-refractivity contribution in [3.8, 4) is 17.6 Å². The normalized spacial score (nSPS) is 20.7. The van der Waals surface area contributed by atoms with E-state index in [-0.39, 0.29) is 31.7 Å². The SMILES string of the molecule is COc1ccc(C(OC[C@H]2O[C@@H](n3ccc(=O)[nH]c3=O)C(C)(F)C2OP(OCCC#N)N(C(C)C)C(C)C)(c2ccccc2)c2ccc(OC)cc2)cc1. The van der Waals surface area contributed by atoms with Crippen LogP contribution in [0.2, 0.25) is 0 Å². The van der Waals surface area contributed by atoms with Crippen LogP contribution in [0.25, 0.3) is 0 Å². The number of aromatic amines is 1. The number of nitrogens with one attached hydrogen (secondary N) is 1. The van der Waals surface area contributed by atoms with E-state index < -0.39 is 49.5 Å². The highest BCUT2D eigenvalue weighted by Gasteiger charge is 2.59. The van der Waals surface area contributed by atoms with Gasteiger partial charge in [-0.2, -0.15) is 5.26 Å². The molecule has 14 heteroatoms. The summed E-state index contributed by atoms with van der Waals surface area (Å²) in [4.78, 5) is 27.3. The van der Waals surface area contributed by atoms with Crippen molar-refractivity contribution in [3.05, 3.63) is 129 Å². The van der Waals surface area contributed by atoms with E-state index in [4.69, 9.17) is 28.0 Å². The van der Waals surface area contributed by atoms with Crippen LogP contribution in [0, 0.1) is 11.3 Å². The fraction of sp³-hybridized carbons (Fsp3) is 0.425. The van der Waals surface area contributed by atoms with Crippen LogP contribution in [-0.2, 0) is 24.1 Å². The van der Waals surface area contributed by atoms with Gasteiger partial charge in [-0.05, 0) is 75.6 Å². The summed E-state index contributed by atoms with van der Waals surface area (Å²) in [6, 6.07) is 27.7. The molecular weight excluding hydrogens is 714 g/mol. The molecule has 3 unspecified atom stereocenters. The van der Waals surface area contributed by atoms with Crippen LogP contribution in [0.5, 0.6) is 11.5 Å². The zero-order valence-electron chi connectivity index (χ0n) is 31.6. The van der Waals surface area contributed by atoms with E-state index in [9.17, 15) is 14.9 Å². The molecule has 54 heavy (non-hydrogen) atoms. The van der Waals surface area contributed by atoms with Crippen LogP contribution in [0.15, 0.2) is 101 Å². The van der Waals surface area contributed by atoms with Crippen molar-refractivity contribution in [1.29, 1.82) is 5.26 Å². The lowest BCUT2D eigenvalue weighted by Gasteiger charge is -2.40. The first-order valence-electron chi connectivity index (χ1n) is 17.8. The number of rotatable bonds is 17. The molecule has 4 aromatic rings. The van der Waals surface area contributed by atoms with Gasteiger partial charge in [0, 0.05) is 24.3 Å². The Kier molecular flexibility index (Phi) is 13.5. The van der Waals surface area contributed by atoms with E-state index in [0.717, 1.165) is 27.3 Å². The largest absolute Gasteiger partial charge is 0.497 e. The molecular formula is C40H48FN4O8P. The van der Waals surface area contributed by atoms with Crippen molar-refractivity contribution in [2.45, 2.75) is 82.8 Å². The Hall–Kier alpha value is -4.41. The number of halogens is 1. The van der Waals surface area contributed by atoms with E-state index in [0.29, 0.717) is 11.5 Å². The predicted molar refractivity (Wildman–Crippen MR) is 203 cm³/mol. The lowest BCUT2D eigenvalue weighted by Crippen LogP contribution is -2.46. The van der Waals surface area contributed by atoms with Gasteiger partial charge in [-0.15, -0.1) is 0 Å². The molecule has 1 aliphatic heterocycles. The van der Waals surface area contributed by atoms with Gasteiger partial charge in [0.25, 0.3) is 14.1 Å². The molecule has 5 rings (SSSR count). The fourth-order valence-corrected chi connectivity index (χ4v) is 8.63. The lowest BCUT2D eigenvalue weighted by atomic mass is 9.80. The third-order valence-electron chi connectivity index (χ3n) is 9.29. The number of methoxy groups -OCH3 is 2. The van der Waals surface area contributed by atoms with Crippen LogP contribution in [-0.4, -0.2) is 71.6 Å². The standard InChI is InChI=1S/C40H48FN4O8P/c1-27(2)45(28(3)4)54(51-25-11-23-42)53-36-34(52-37(39(36,5)41)44-24-22-35(46)43-38(44)47)26-50-40(29-12-9-8-10-13-29,30-14-18-32(48-6)19-15-30)31-16-20-33(49-7)21-17-31/h8-10,12-22,24,27-28,34,36-37H,11,25-26H2,1-7H3,(H,43,46,47)/t34-,36?,37-,39?,54?/m1/s1. The monoisotopic (exact) mass is 762 g/mol. The average molecular weight is 763 g/mol. The van der Waals surface area contributed by atoms with Crippen molar-refractivity contribution in [3.63, 3.8) is 0 Å². The van der Waals surface area contributed by atoms with Crippen molar-refractivity contribution in [1.82, 2.24) is 14.2 Å². The van der Waals surface area contributed by atoms with Crippen molar-refractivity contribution in [2.24, 2.45) is 0 Å². The minimum atomic E-state index is -2.36. The molecule has 12 nitrogen and oxygen atoms in total. The number of H-pyrrole nitrogens is 1. The number of nitriles is 1. The highest BCUT2D eigenvalue weighted by atomic mass is 31.2. The van der Waals surface area contributed by atoms with E-state index in [1.807, 2.05) is 111 Å². The Bertz CT molecular complexity index is 1910. The molecule has 0 radical (unpaired) electrons. The number of alkyl halides is 1. The zero-order valence-corrected chi connectivity index (χ0v) is 32.5. The maximum atomic E-state index is 17.6. The fourth-order valence-electron chi connectivity index (χ4n) is 6.79. The molecule has 0 amide bonds. The molecule has 3 aromatic carbocycles. The molecule has 1 N–H and O–H groups in total. The number of hydrogen-bond acceptors (Lipinski definition) is 10. The molecule has 0 aliphatic carbocycles. The third kappa shape index (κ3) is 8.60. The van der Waals surface area contributed by atoms with Crippen molar-refractivity contribution in [2.75, 3.05) is 27.4 Å². The van der Waals surface area contributed by atoms with Gasteiger partial charge in [-0.1, -0.05) is 54.6 Å². The Labute approximate surface area is 316 Å². The summed E-state index contributed by atoms with van der Waals surface area (Å²) in [5.74, 6) is 1.30. The molecule has 5 atom stereocenters. The minimum Gasteiger partial charge on any atom is -0.497 e. The maximum absolute atomic E-state index is 17.6. The summed E-state index contributed by atoms with van der Waals surface area (Å²) in [7, 11) is 1.22. The molecule has 1 aliphatic rings. The molecule has 0 saturated carbocycles. The zero-order chi connectivity index (χ0) is 39.0. The van der Waals surface area contributed by atoms with Crippen LogP contribution in [0.4, 0.5) is 4.39 Å². The number of aromatic nitrogens is 2. The molecule has 1 fully saturated rings. The van der Waals surface area contributed by atoms with E-state index in [1.165, 1.54) is 13.1 Å². The van der Waals surface area contributed by atoms with Gasteiger partial charge in [0.1, 0.15) is 29.3 Å². The Balaban J connectivity index is 1.65. The minimum absolute atomic E-state index is 0.0603. The second kappa shape index (κ2) is 17.8. The number of benzene rings is 3. The van der Waals surface area contributed by atoms with Crippen molar-refractivity contribution >= 4 is 8.53 Å². The summed E-state index contributed by atoms with van der Waals surface area (Å²) >= 11 is 0. The molecule has 0 spiro atoms. The molecule has 288 valence electrons. The Morgan fingerprint density at radius 3 is 1.98 bits per heavy atom. The second-order valence-corrected chi connectivity index (χ2v) is 15.0. The van der Waals surface area contributed by atoms with Crippen LogP contribution in [0.3, 0.4) is 0 Å². The summed E-state index contributed by atoms with van der Waals surface area (Å²) in [5.41, 5.74) is -2.83. The number of hydrogen-bond donors (Lipinski definition) is 1. The van der Waals surface area contributed by atoms with Crippen LogP contribution < -0.4 is 20.7 Å². The van der Waals surface area contributed by atoms with Gasteiger partial charge in [-0.3, -0.25) is 14.3 Å². The van der Waals surface area contributed by atoms with Gasteiger partial charge in [0.15, 0.2) is 11.9 Å². The first-order valence-corrected chi connectivity index (χ1v) is 18.9. The van der Waals surface area contributed by atoms with Gasteiger partial charge >= 0.3 is 5.69 Å². The van der Waals surface area contributed by atoms with Crippen LogP contribution in [0.1, 0.15) is 64.0 Å². The quantitative estimate of drug-likeness (QED) is 0.0691. The summed E-state index contributed by atoms with van der Waals surface area (Å²) in [5, 5.41) is 9.29. The third-order valence-corrected chi connectivity index (χ3v) is 11.4. The summed E-state index contributed by atoms with van der Waals surface area (Å²) in [6.07, 6.45) is -2.68. The number of ether oxygens (including phenoxy) is 4. The summed E-state index contributed by atoms with van der Waals surface area (Å²) in [6.45, 7) is 9.05. The average Bonchev–Trinajstić information content (AvgIpc) is 3.40. The van der Waals surface area contributed by atoms with Gasteiger partial charge < -0.3 is 28.0 Å². The molecule has 1 saturated heterocycles. The highest BCUT2D eigenvalue weighted by Crippen LogP contribution is 2.54. The van der Waals surface area contributed by atoms with Crippen molar-refractivity contribution < 1.29 is 32.4 Å². The Morgan fingerprint density at radius 2 is 1.48 bits per heavy atom. The smallest absolute Gasteiger partial charge is 0.330 e. The van der Waals surface area contributed by atoms with Gasteiger partial charge in [-0.25, -0.2) is 13.9 Å². The van der Waals surface area contributed by atoms with E-state index >= 15 is 4.39 Å². The first kappa shape index (κ1) is 40.8. The summed E-state index contributed by atoms with van der Waals surface area (Å²) < 4.78 is 58.0. The molecule has 0 bridgehead atoms. The van der Waals surface area contributed by atoms with E-state index in [1.54, 1.807) is 14.2 Å². The van der Waals surface area contributed by atoms with Gasteiger partial charge in [0.2, 0.25) is 0 Å². The molecule has 2 heterocycles. The second-order valence-electron chi connectivity index (χ2n) is 13.6.